The van der Waals surface area contributed by atoms with Crippen molar-refractivity contribution in [1.29, 1.82) is 0 Å². The van der Waals surface area contributed by atoms with Crippen LogP contribution in [0.4, 0.5) is 19.0 Å². The summed E-state index contributed by atoms with van der Waals surface area (Å²) >= 11 is 0. The number of nitrogens with zero attached hydrogens (tertiary/aromatic N) is 2. The summed E-state index contributed by atoms with van der Waals surface area (Å²) in [6, 6.07) is 0.731. The Morgan fingerprint density at radius 2 is 2.14 bits per heavy atom. The second kappa shape index (κ2) is 3.60. The van der Waals surface area contributed by atoms with Crippen molar-refractivity contribution in [1.82, 2.24) is 4.98 Å². The number of halogens is 3. The van der Waals surface area contributed by atoms with Gasteiger partial charge in [-0.1, -0.05) is 0 Å². The Balaban J connectivity index is 3.44. The van der Waals surface area contributed by atoms with Gasteiger partial charge >= 0.3 is 5.82 Å². The van der Waals surface area contributed by atoms with Gasteiger partial charge in [0.05, 0.1) is 0 Å². The van der Waals surface area contributed by atoms with Gasteiger partial charge in [0.25, 0.3) is 6.43 Å². The number of rotatable bonds is 2. The van der Waals surface area contributed by atoms with Crippen molar-refractivity contribution in [2.45, 2.75) is 13.3 Å². The van der Waals surface area contributed by atoms with Gasteiger partial charge in [-0.05, 0) is 9.91 Å². The van der Waals surface area contributed by atoms with E-state index in [-0.39, 0.29) is 5.69 Å². The van der Waals surface area contributed by atoms with Gasteiger partial charge in [-0.2, -0.15) is 0 Å². The lowest BCUT2D eigenvalue weighted by Gasteiger charge is -2.02. The van der Waals surface area contributed by atoms with Crippen LogP contribution >= 0.6 is 0 Å². The third kappa shape index (κ3) is 1.81. The summed E-state index contributed by atoms with van der Waals surface area (Å²) in [7, 11) is 0. The minimum absolute atomic E-state index is 0.0152. The molecule has 1 aromatic rings. The quantitative estimate of drug-likeness (QED) is 0.551. The zero-order valence-electron chi connectivity index (χ0n) is 7.00. The lowest BCUT2D eigenvalue weighted by Crippen LogP contribution is -2.03. The molecule has 0 fully saturated rings. The maximum atomic E-state index is 12.9. The van der Waals surface area contributed by atoms with E-state index in [2.05, 4.69) is 4.98 Å². The van der Waals surface area contributed by atoms with Crippen LogP contribution in [-0.2, 0) is 0 Å². The Bertz CT molecular complexity index is 381. The molecule has 14 heavy (non-hydrogen) atoms. The van der Waals surface area contributed by atoms with E-state index in [1.165, 1.54) is 6.92 Å². The highest BCUT2D eigenvalue weighted by atomic mass is 19.3. The highest BCUT2D eigenvalue weighted by molar-refractivity contribution is 5.36. The Labute approximate surface area is 76.5 Å². The average molecular weight is 206 g/mol. The third-order valence-electron chi connectivity index (χ3n) is 1.51. The lowest BCUT2D eigenvalue weighted by atomic mass is 10.2. The predicted octanol–water partition coefficient (Wildman–Crippen LogP) is 2.37. The van der Waals surface area contributed by atoms with E-state index in [1.54, 1.807) is 0 Å². The summed E-state index contributed by atoms with van der Waals surface area (Å²) in [5, 5.41) is 10.3. The van der Waals surface area contributed by atoms with Crippen LogP contribution in [0, 0.1) is 22.9 Å². The summed E-state index contributed by atoms with van der Waals surface area (Å²) in [6.07, 6.45) is -3.25. The molecule has 0 saturated heterocycles. The fourth-order valence-electron chi connectivity index (χ4n) is 0.968. The molecule has 0 N–H and O–H groups in total. The van der Waals surface area contributed by atoms with Crippen molar-refractivity contribution in [3.63, 3.8) is 0 Å². The molecule has 0 aromatic carbocycles. The molecule has 0 aliphatic rings. The van der Waals surface area contributed by atoms with E-state index >= 15 is 0 Å². The van der Waals surface area contributed by atoms with Crippen molar-refractivity contribution in [3.8, 4) is 0 Å². The van der Waals surface area contributed by atoms with Crippen LogP contribution in [0.25, 0.3) is 0 Å². The number of pyridine rings is 1. The molecule has 0 radical (unpaired) electrons. The molecular formula is C7H5F3N2O2. The standard InChI is InChI=1S/C7H5F3N2O2/c1-3-2-4(8)5(6(9)10)7(11-3)12(13)14/h2,6H,1H3. The predicted molar refractivity (Wildman–Crippen MR) is 40.5 cm³/mol. The van der Waals surface area contributed by atoms with Gasteiger partial charge in [-0.3, -0.25) is 0 Å². The van der Waals surface area contributed by atoms with E-state index in [4.69, 9.17) is 0 Å². The van der Waals surface area contributed by atoms with Crippen LogP contribution in [0.5, 0.6) is 0 Å². The second-order valence-corrected chi connectivity index (χ2v) is 2.54. The lowest BCUT2D eigenvalue weighted by molar-refractivity contribution is -0.391. The molecule has 76 valence electrons. The molecule has 0 unspecified atom stereocenters. The molecule has 0 bridgehead atoms. The topological polar surface area (TPSA) is 56.0 Å². The largest absolute Gasteiger partial charge is 0.375 e. The number of aromatic nitrogens is 1. The molecule has 0 saturated carbocycles. The molecule has 7 heteroatoms. The minimum Gasteiger partial charge on any atom is -0.358 e. The molecule has 0 atom stereocenters. The maximum Gasteiger partial charge on any atom is 0.375 e. The van der Waals surface area contributed by atoms with Gasteiger partial charge in [-0.25, -0.2) is 13.2 Å². The minimum atomic E-state index is -3.25. The summed E-state index contributed by atoms with van der Waals surface area (Å²) in [4.78, 5) is 12.4. The van der Waals surface area contributed by atoms with Crippen molar-refractivity contribution < 1.29 is 18.1 Å². The Morgan fingerprint density at radius 3 is 2.57 bits per heavy atom. The Morgan fingerprint density at radius 1 is 1.57 bits per heavy atom. The molecule has 0 amide bonds. The Kier molecular flexibility index (Phi) is 2.68. The number of nitro groups is 1. The smallest absolute Gasteiger partial charge is 0.358 e. The molecule has 0 spiro atoms. The number of alkyl halides is 2. The van der Waals surface area contributed by atoms with E-state index in [9.17, 15) is 23.3 Å². The molecule has 1 rings (SSSR count). The van der Waals surface area contributed by atoms with E-state index in [0.717, 1.165) is 6.07 Å². The van der Waals surface area contributed by atoms with Crippen molar-refractivity contribution in [2.75, 3.05) is 0 Å². The van der Waals surface area contributed by atoms with Gasteiger partial charge in [0.1, 0.15) is 5.82 Å². The summed E-state index contributed by atoms with van der Waals surface area (Å²) < 4.78 is 37.3. The average Bonchev–Trinajstić information content (AvgIpc) is 2.01. The maximum absolute atomic E-state index is 12.9. The Hall–Kier alpha value is -1.66. The summed E-state index contributed by atoms with van der Waals surface area (Å²) in [5.41, 5.74) is -1.28. The van der Waals surface area contributed by atoms with Gasteiger partial charge in [0.2, 0.25) is 0 Å². The first-order valence-corrected chi connectivity index (χ1v) is 3.53. The highest BCUT2D eigenvalue weighted by Gasteiger charge is 2.28. The van der Waals surface area contributed by atoms with Crippen LogP contribution in [0.2, 0.25) is 0 Å². The normalized spacial score (nSPS) is 10.6. The van der Waals surface area contributed by atoms with E-state index < -0.39 is 28.5 Å². The van der Waals surface area contributed by atoms with E-state index in [1.807, 2.05) is 0 Å². The molecule has 0 aliphatic heterocycles. The van der Waals surface area contributed by atoms with Gasteiger partial charge in [0.15, 0.2) is 11.3 Å². The summed E-state index contributed by atoms with van der Waals surface area (Å²) in [5.74, 6) is -2.43. The molecule has 1 aromatic heterocycles. The number of hydrogen-bond donors (Lipinski definition) is 0. The molecule has 1 heterocycles. The second-order valence-electron chi connectivity index (χ2n) is 2.54. The molecular weight excluding hydrogens is 201 g/mol. The van der Waals surface area contributed by atoms with Crippen LogP contribution < -0.4 is 0 Å². The SMILES string of the molecule is Cc1cc(F)c(C(F)F)c([N+](=O)[O-])n1. The fourth-order valence-corrected chi connectivity index (χ4v) is 0.968. The fraction of sp³-hybridized carbons (Fsp3) is 0.286. The van der Waals surface area contributed by atoms with Crippen molar-refractivity contribution in [3.05, 3.63) is 33.3 Å². The third-order valence-corrected chi connectivity index (χ3v) is 1.51. The van der Waals surface area contributed by atoms with Gasteiger partial charge in [0, 0.05) is 13.0 Å². The van der Waals surface area contributed by atoms with Gasteiger partial charge < -0.3 is 10.1 Å². The van der Waals surface area contributed by atoms with Crippen LogP contribution in [-0.4, -0.2) is 9.91 Å². The first-order chi connectivity index (χ1) is 6.43. The monoisotopic (exact) mass is 206 g/mol. The summed E-state index contributed by atoms with van der Waals surface area (Å²) in [6.45, 7) is 1.28. The van der Waals surface area contributed by atoms with Crippen LogP contribution in [0.15, 0.2) is 6.07 Å². The zero-order valence-corrected chi connectivity index (χ0v) is 7.00. The molecule has 4 nitrogen and oxygen atoms in total. The van der Waals surface area contributed by atoms with Gasteiger partial charge in [-0.15, -0.1) is 0 Å². The van der Waals surface area contributed by atoms with E-state index in [0.29, 0.717) is 0 Å². The van der Waals surface area contributed by atoms with Crippen molar-refractivity contribution >= 4 is 5.82 Å². The van der Waals surface area contributed by atoms with Crippen LogP contribution in [0.1, 0.15) is 17.7 Å². The number of aryl methyl sites for hydroxylation is 1. The van der Waals surface area contributed by atoms with Crippen LogP contribution in [0.3, 0.4) is 0 Å². The highest BCUT2D eigenvalue weighted by Crippen LogP contribution is 2.29. The first kappa shape index (κ1) is 10.4. The zero-order chi connectivity index (χ0) is 10.9. The number of hydrogen-bond acceptors (Lipinski definition) is 3. The molecule has 0 aliphatic carbocycles. The first-order valence-electron chi connectivity index (χ1n) is 3.53. The van der Waals surface area contributed by atoms with Crippen molar-refractivity contribution in [2.24, 2.45) is 0 Å².